The first-order chi connectivity index (χ1) is 13.9. The number of hydrogen-bond acceptors (Lipinski definition) is 5. The van der Waals surface area contributed by atoms with Crippen molar-refractivity contribution < 1.29 is 14.3 Å². The molecule has 1 atom stereocenters. The molecule has 0 saturated carbocycles. The number of hydrogen-bond donors (Lipinski definition) is 0. The van der Waals surface area contributed by atoms with Gasteiger partial charge in [-0.2, -0.15) is 10.2 Å². The summed E-state index contributed by atoms with van der Waals surface area (Å²) in [5.41, 5.74) is 1.89. The number of ether oxygens (including phenoxy) is 2. The monoisotopic (exact) mass is 415 g/mol. The van der Waals surface area contributed by atoms with Crippen LogP contribution in [0.25, 0.3) is 0 Å². The van der Waals surface area contributed by atoms with Gasteiger partial charge in [0.2, 0.25) is 0 Å². The maximum Gasteiger partial charge on any atom is 0.274 e. The number of aryl methyl sites for hydroxylation is 3. The van der Waals surface area contributed by atoms with E-state index in [-0.39, 0.29) is 18.6 Å². The minimum atomic E-state index is -0.318. The molecule has 152 valence electrons. The highest BCUT2D eigenvalue weighted by atomic mass is 35.5. The van der Waals surface area contributed by atoms with Gasteiger partial charge in [0.1, 0.15) is 12.3 Å². The number of fused-ring (bicyclic) bond motifs is 1. The third-order valence-electron chi connectivity index (χ3n) is 4.81. The lowest BCUT2D eigenvalue weighted by molar-refractivity contribution is 0.0437. The SMILES string of the molecule is Cc1cc(C(=O)N(Cc2nn(C)cc2Cl)C[C@H]2COc3ccccc3O2)nn1C. The molecule has 2 aromatic heterocycles. The quantitative estimate of drug-likeness (QED) is 0.640. The zero-order valence-electron chi connectivity index (χ0n) is 16.5. The van der Waals surface area contributed by atoms with Crippen LogP contribution in [-0.4, -0.2) is 49.6 Å². The van der Waals surface area contributed by atoms with E-state index >= 15 is 0 Å². The molecule has 1 aliphatic heterocycles. The topological polar surface area (TPSA) is 74.4 Å². The Balaban J connectivity index is 1.58. The van der Waals surface area contributed by atoms with E-state index in [0.717, 1.165) is 5.69 Å². The molecule has 3 heterocycles. The molecule has 0 bridgehead atoms. The van der Waals surface area contributed by atoms with Gasteiger partial charge in [-0.3, -0.25) is 14.2 Å². The van der Waals surface area contributed by atoms with Crippen molar-refractivity contribution in [1.29, 1.82) is 0 Å². The first-order valence-corrected chi connectivity index (χ1v) is 9.65. The minimum absolute atomic E-state index is 0.210. The van der Waals surface area contributed by atoms with Gasteiger partial charge >= 0.3 is 0 Å². The molecule has 1 amide bonds. The van der Waals surface area contributed by atoms with Crippen molar-refractivity contribution in [2.45, 2.75) is 19.6 Å². The molecule has 9 heteroatoms. The fourth-order valence-corrected chi connectivity index (χ4v) is 3.48. The molecule has 1 aliphatic rings. The van der Waals surface area contributed by atoms with Crippen molar-refractivity contribution in [2.24, 2.45) is 14.1 Å². The highest BCUT2D eigenvalue weighted by Gasteiger charge is 2.28. The Morgan fingerprint density at radius 3 is 2.69 bits per heavy atom. The third-order valence-corrected chi connectivity index (χ3v) is 5.12. The van der Waals surface area contributed by atoms with Crippen LogP contribution in [-0.2, 0) is 20.6 Å². The smallest absolute Gasteiger partial charge is 0.274 e. The van der Waals surface area contributed by atoms with Gasteiger partial charge in [0.05, 0.1) is 18.1 Å². The molecule has 1 aromatic carbocycles. The van der Waals surface area contributed by atoms with Gasteiger partial charge < -0.3 is 14.4 Å². The van der Waals surface area contributed by atoms with Crippen molar-refractivity contribution in [1.82, 2.24) is 24.5 Å². The second-order valence-corrected chi connectivity index (χ2v) is 7.48. The number of nitrogens with zero attached hydrogens (tertiary/aromatic N) is 5. The molecular formula is C20H22ClN5O3. The van der Waals surface area contributed by atoms with Crippen molar-refractivity contribution in [3.05, 3.63) is 58.6 Å². The predicted molar refractivity (Wildman–Crippen MR) is 107 cm³/mol. The minimum Gasteiger partial charge on any atom is -0.486 e. The van der Waals surface area contributed by atoms with E-state index in [2.05, 4.69) is 10.2 Å². The average Bonchev–Trinajstić information content (AvgIpc) is 3.20. The Morgan fingerprint density at radius 1 is 1.28 bits per heavy atom. The van der Waals surface area contributed by atoms with Crippen LogP contribution in [0.4, 0.5) is 0 Å². The maximum atomic E-state index is 13.2. The van der Waals surface area contributed by atoms with Gasteiger partial charge in [-0.05, 0) is 25.1 Å². The second-order valence-electron chi connectivity index (χ2n) is 7.08. The van der Waals surface area contributed by atoms with Crippen LogP contribution in [0.15, 0.2) is 36.5 Å². The molecule has 3 aromatic rings. The number of benzene rings is 1. The first-order valence-electron chi connectivity index (χ1n) is 9.27. The summed E-state index contributed by atoms with van der Waals surface area (Å²) in [7, 11) is 3.60. The predicted octanol–water partition coefficient (Wildman–Crippen LogP) is 2.60. The van der Waals surface area contributed by atoms with Crippen LogP contribution in [0.3, 0.4) is 0 Å². The Kier molecular flexibility index (Phi) is 5.19. The van der Waals surface area contributed by atoms with E-state index in [9.17, 15) is 4.79 Å². The van der Waals surface area contributed by atoms with Gasteiger partial charge in [-0.25, -0.2) is 0 Å². The van der Waals surface area contributed by atoms with Crippen LogP contribution in [0.1, 0.15) is 21.9 Å². The molecular weight excluding hydrogens is 394 g/mol. The molecule has 0 aliphatic carbocycles. The molecule has 0 saturated heterocycles. The van der Waals surface area contributed by atoms with E-state index in [0.29, 0.717) is 41.1 Å². The summed E-state index contributed by atoms with van der Waals surface area (Å²) in [5.74, 6) is 1.16. The van der Waals surface area contributed by atoms with Crippen molar-refractivity contribution in [2.75, 3.05) is 13.2 Å². The van der Waals surface area contributed by atoms with Crippen molar-refractivity contribution in [3.63, 3.8) is 0 Å². The molecule has 4 rings (SSSR count). The molecule has 0 fully saturated rings. The zero-order valence-corrected chi connectivity index (χ0v) is 17.3. The summed E-state index contributed by atoms with van der Waals surface area (Å²) >= 11 is 6.28. The highest BCUT2D eigenvalue weighted by Crippen LogP contribution is 2.31. The number of para-hydroxylation sites is 2. The van der Waals surface area contributed by atoms with E-state index in [4.69, 9.17) is 21.1 Å². The molecule has 0 N–H and O–H groups in total. The summed E-state index contributed by atoms with van der Waals surface area (Å²) < 4.78 is 15.1. The summed E-state index contributed by atoms with van der Waals surface area (Å²) in [6, 6.07) is 9.26. The van der Waals surface area contributed by atoms with E-state index in [1.165, 1.54) is 0 Å². The van der Waals surface area contributed by atoms with Crippen LogP contribution < -0.4 is 9.47 Å². The molecule has 0 unspecified atom stereocenters. The Labute approximate surface area is 173 Å². The van der Waals surface area contributed by atoms with Crippen LogP contribution in [0, 0.1) is 6.92 Å². The summed E-state index contributed by atoms with van der Waals surface area (Å²) in [5, 5.41) is 9.20. The van der Waals surface area contributed by atoms with Crippen LogP contribution in [0.5, 0.6) is 11.5 Å². The molecule has 29 heavy (non-hydrogen) atoms. The van der Waals surface area contributed by atoms with Crippen LogP contribution in [0.2, 0.25) is 5.02 Å². The maximum absolute atomic E-state index is 13.2. The summed E-state index contributed by atoms with van der Waals surface area (Å²) in [6.07, 6.45) is 1.39. The number of rotatable bonds is 5. The first kappa shape index (κ1) is 19.3. The van der Waals surface area contributed by atoms with E-state index in [1.807, 2.05) is 31.2 Å². The fourth-order valence-electron chi connectivity index (χ4n) is 3.24. The Bertz CT molecular complexity index is 1030. The van der Waals surface area contributed by atoms with Gasteiger partial charge in [0.25, 0.3) is 5.91 Å². The fraction of sp³-hybridized carbons (Fsp3) is 0.350. The second kappa shape index (κ2) is 7.79. The average molecular weight is 416 g/mol. The molecule has 0 radical (unpaired) electrons. The van der Waals surface area contributed by atoms with Gasteiger partial charge in [0, 0.05) is 26.0 Å². The Morgan fingerprint density at radius 2 is 2.03 bits per heavy atom. The van der Waals surface area contributed by atoms with Crippen molar-refractivity contribution >= 4 is 17.5 Å². The lowest BCUT2D eigenvalue weighted by Crippen LogP contribution is -2.43. The normalized spacial score (nSPS) is 15.4. The van der Waals surface area contributed by atoms with E-state index in [1.54, 1.807) is 40.6 Å². The highest BCUT2D eigenvalue weighted by molar-refractivity contribution is 6.31. The number of aromatic nitrogens is 4. The van der Waals surface area contributed by atoms with Gasteiger partial charge in [-0.1, -0.05) is 23.7 Å². The molecule has 8 nitrogen and oxygen atoms in total. The third kappa shape index (κ3) is 4.07. The van der Waals surface area contributed by atoms with Gasteiger partial charge in [0.15, 0.2) is 23.3 Å². The summed E-state index contributed by atoms with van der Waals surface area (Å²) in [4.78, 5) is 14.9. The Hall–Kier alpha value is -3.00. The largest absolute Gasteiger partial charge is 0.486 e. The molecule has 0 spiro atoms. The van der Waals surface area contributed by atoms with Crippen LogP contribution >= 0.6 is 11.6 Å². The lowest BCUT2D eigenvalue weighted by atomic mass is 10.2. The standard InChI is InChI=1S/C20H22ClN5O3/c1-13-8-16(23-25(13)3)20(27)26(11-17-15(21)10-24(2)22-17)9-14-12-28-18-6-4-5-7-19(18)29-14/h4-8,10,14H,9,11-12H2,1-3H3/t14-/m0/s1. The van der Waals surface area contributed by atoms with E-state index < -0.39 is 0 Å². The number of carbonyl (C=O) groups is 1. The number of carbonyl (C=O) groups excluding carboxylic acids is 1. The lowest BCUT2D eigenvalue weighted by Gasteiger charge is -2.31. The van der Waals surface area contributed by atoms with Gasteiger partial charge in [-0.15, -0.1) is 0 Å². The number of amides is 1. The van der Waals surface area contributed by atoms with Crippen molar-refractivity contribution in [3.8, 4) is 11.5 Å². The number of halogens is 1. The zero-order chi connectivity index (χ0) is 20.5. The summed E-state index contributed by atoms with van der Waals surface area (Å²) in [6.45, 7) is 2.81.